The molecule has 1 N–H and O–H groups in total. The van der Waals surface area contributed by atoms with E-state index < -0.39 is 0 Å². The smallest absolute Gasteiger partial charge is 0.238 e. The summed E-state index contributed by atoms with van der Waals surface area (Å²) in [5, 5.41) is 7.83. The lowest BCUT2D eigenvalue weighted by Gasteiger charge is -2.29. The van der Waals surface area contributed by atoms with Crippen LogP contribution in [0.3, 0.4) is 0 Å². The molecule has 0 aliphatic carbocycles. The van der Waals surface area contributed by atoms with E-state index in [0.29, 0.717) is 6.54 Å². The summed E-state index contributed by atoms with van der Waals surface area (Å²) in [7, 11) is 1.68. The maximum absolute atomic E-state index is 13.2. The van der Waals surface area contributed by atoms with Gasteiger partial charge in [-0.3, -0.25) is 9.69 Å². The van der Waals surface area contributed by atoms with Crippen LogP contribution in [0.2, 0.25) is 0 Å². The van der Waals surface area contributed by atoms with E-state index in [4.69, 9.17) is 4.74 Å². The number of rotatable bonds is 6. The fourth-order valence-electron chi connectivity index (χ4n) is 4.68. The number of nitrogens with one attached hydrogen (secondary N) is 1. The number of benzene rings is 2. The number of likely N-dealkylation sites (tertiary alicyclic amines) is 1. The Balaban J connectivity index is 1.50. The molecule has 1 aliphatic rings. The predicted molar refractivity (Wildman–Crippen MR) is 132 cm³/mol. The van der Waals surface area contributed by atoms with Crippen molar-refractivity contribution in [3.8, 4) is 11.4 Å². The summed E-state index contributed by atoms with van der Waals surface area (Å²) in [6.45, 7) is 7.30. The molecule has 6 heteroatoms. The van der Waals surface area contributed by atoms with Gasteiger partial charge in [0.1, 0.15) is 5.75 Å². The van der Waals surface area contributed by atoms with Crippen LogP contribution in [-0.4, -0.2) is 40.8 Å². The zero-order chi connectivity index (χ0) is 23.4. The van der Waals surface area contributed by atoms with Crippen LogP contribution in [0.25, 0.3) is 5.69 Å². The number of hydrogen-bond donors (Lipinski definition) is 1. The number of aromatic nitrogens is 2. The monoisotopic (exact) mass is 446 g/mol. The van der Waals surface area contributed by atoms with E-state index >= 15 is 0 Å². The number of methoxy groups -OCH3 is 1. The van der Waals surface area contributed by atoms with E-state index in [0.717, 1.165) is 47.9 Å². The summed E-state index contributed by atoms with van der Waals surface area (Å²) in [4.78, 5) is 15.5. The van der Waals surface area contributed by atoms with Gasteiger partial charge in [-0.15, -0.1) is 0 Å². The maximum Gasteiger partial charge on any atom is 0.238 e. The van der Waals surface area contributed by atoms with Crippen molar-refractivity contribution in [3.63, 3.8) is 0 Å². The molecule has 1 saturated heterocycles. The molecular weight excluding hydrogens is 412 g/mol. The molecule has 1 aliphatic heterocycles. The molecule has 1 atom stereocenters. The maximum atomic E-state index is 13.2. The van der Waals surface area contributed by atoms with Gasteiger partial charge in [-0.05, 0) is 70.0 Å². The molecular formula is C27H34N4O2. The molecule has 174 valence electrons. The van der Waals surface area contributed by atoms with Gasteiger partial charge >= 0.3 is 0 Å². The second kappa shape index (κ2) is 10.2. The summed E-state index contributed by atoms with van der Waals surface area (Å²) in [5.41, 5.74) is 6.00. The minimum Gasteiger partial charge on any atom is -0.497 e. The average molecular weight is 447 g/mol. The van der Waals surface area contributed by atoms with Crippen molar-refractivity contribution in [3.05, 3.63) is 71.0 Å². The Kier molecular flexibility index (Phi) is 7.14. The van der Waals surface area contributed by atoms with E-state index in [9.17, 15) is 4.79 Å². The molecule has 2 heterocycles. The topological polar surface area (TPSA) is 59.4 Å². The second-order valence-electron chi connectivity index (χ2n) is 8.95. The molecule has 0 radical (unpaired) electrons. The lowest BCUT2D eigenvalue weighted by molar-refractivity contribution is -0.117. The number of carbonyl (C=O) groups excluding carboxylic acids is 1. The van der Waals surface area contributed by atoms with Crippen LogP contribution in [0.15, 0.2) is 48.5 Å². The van der Waals surface area contributed by atoms with Gasteiger partial charge in [-0.2, -0.15) is 5.10 Å². The molecule has 33 heavy (non-hydrogen) atoms. The highest BCUT2D eigenvalue weighted by Crippen LogP contribution is 2.31. The van der Waals surface area contributed by atoms with Crippen molar-refractivity contribution in [2.75, 3.05) is 25.5 Å². The molecule has 1 aromatic heterocycles. The van der Waals surface area contributed by atoms with Gasteiger partial charge in [-0.25, -0.2) is 4.68 Å². The highest BCUT2D eigenvalue weighted by atomic mass is 16.5. The van der Waals surface area contributed by atoms with Gasteiger partial charge in [0.05, 0.1) is 36.4 Å². The normalized spacial score (nSPS) is 16.9. The second-order valence-corrected chi connectivity index (χ2v) is 8.95. The number of nitrogens with zero attached hydrogens (tertiary/aromatic N) is 3. The van der Waals surface area contributed by atoms with E-state index in [1.54, 1.807) is 7.11 Å². The van der Waals surface area contributed by atoms with Crippen LogP contribution >= 0.6 is 0 Å². The van der Waals surface area contributed by atoms with Crippen LogP contribution in [0.1, 0.15) is 54.2 Å². The largest absolute Gasteiger partial charge is 0.497 e. The Labute approximate surface area is 196 Å². The number of ether oxygens (including phenoxy) is 1. The van der Waals surface area contributed by atoms with Crippen molar-refractivity contribution < 1.29 is 9.53 Å². The van der Waals surface area contributed by atoms with Gasteiger partial charge in [0.2, 0.25) is 5.91 Å². The molecule has 6 nitrogen and oxygen atoms in total. The SMILES string of the molecule is COc1ccc([C@H]2CCCCCN2CC(=O)Nc2c(C)nn(-c3ccc(C)cc3)c2C)cc1. The molecule has 3 aromatic rings. The zero-order valence-corrected chi connectivity index (χ0v) is 20.1. The zero-order valence-electron chi connectivity index (χ0n) is 20.1. The lowest BCUT2D eigenvalue weighted by atomic mass is 10.0. The molecule has 1 amide bonds. The van der Waals surface area contributed by atoms with Crippen molar-refractivity contribution in [2.45, 2.75) is 52.5 Å². The summed E-state index contributed by atoms with van der Waals surface area (Å²) >= 11 is 0. The summed E-state index contributed by atoms with van der Waals surface area (Å²) in [5.74, 6) is 0.860. The van der Waals surface area contributed by atoms with Gasteiger partial charge in [0, 0.05) is 6.04 Å². The summed E-state index contributed by atoms with van der Waals surface area (Å²) in [6.07, 6.45) is 4.55. The van der Waals surface area contributed by atoms with Gasteiger partial charge in [0.25, 0.3) is 0 Å². The Morgan fingerprint density at radius 1 is 1.03 bits per heavy atom. The number of carbonyl (C=O) groups is 1. The Hall–Kier alpha value is -3.12. The molecule has 0 spiro atoms. The minimum atomic E-state index is 0.00469. The fraction of sp³-hybridized carbons (Fsp3) is 0.407. The quantitative estimate of drug-likeness (QED) is 0.554. The van der Waals surface area contributed by atoms with Crippen LogP contribution in [0.5, 0.6) is 5.75 Å². The number of amides is 1. The molecule has 1 fully saturated rings. The summed E-state index contributed by atoms with van der Waals surface area (Å²) < 4.78 is 7.21. The van der Waals surface area contributed by atoms with Crippen molar-refractivity contribution in [1.29, 1.82) is 0 Å². The van der Waals surface area contributed by atoms with E-state index in [2.05, 4.69) is 58.6 Å². The fourth-order valence-corrected chi connectivity index (χ4v) is 4.68. The first-order chi connectivity index (χ1) is 16.0. The van der Waals surface area contributed by atoms with Crippen LogP contribution in [0, 0.1) is 20.8 Å². The number of hydrogen-bond acceptors (Lipinski definition) is 4. The first-order valence-corrected chi connectivity index (χ1v) is 11.8. The highest BCUT2D eigenvalue weighted by Gasteiger charge is 2.25. The minimum absolute atomic E-state index is 0.00469. The molecule has 0 unspecified atom stereocenters. The van der Waals surface area contributed by atoms with Crippen LogP contribution < -0.4 is 10.1 Å². The lowest BCUT2D eigenvalue weighted by Crippen LogP contribution is -2.36. The number of anilines is 1. The van der Waals surface area contributed by atoms with Crippen LogP contribution in [-0.2, 0) is 4.79 Å². The standard InChI is InChI=1S/C27H34N4O2/c1-19-9-13-23(14-10-19)31-21(3)27(20(2)29-31)28-26(32)18-30-17-7-5-6-8-25(30)22-11-15-24(33-4)16-12-22/h9-16,25H,5-8,17-18H2,1-4H3,(H,28,32)/t25-/m1/s1. The Bertz CT molecular complexity index is 1090. The molecule has 0 saturated carbocycles. The first-order valence-electron chi connectivity index (χ1n) is 11.8. The molecule has 2 aromatic carbocycles. The molecule has 4 rings (SSSR count). The van der Waals surface area contributed by atoms with E-state index in [1.807, 2.05) is 30.7 Å². The van der Waals surface area contributed by atoms with Crippen molar-refractivity contribution in [2.24, 2.45) is 0 Å². The highest BCUT2D eigenvalue weighted by molar-refractivity contribution is 5.93. The summed E-state index contributed by atoms with van der Waals surface area (Å²) in [6, 6.07) is 16.7. The van der Waals surface area contributed by atoms with Crippen molar-refractivity contribution >= 4 is 11.6 Å². The van der Waals surface area contributed by atoms with Crippen LogP contribution in [0.4, 0.5) is 5.69 Å². The van der Waals surface area contributed by atoms with E-state index in [1.165, 1.54) is 24.0 Å². The predicted octanol–water partition coefficient (Wildman–Crippen LogP) is 5.36. The third kappa shape index (κ3) is 5.28. The van der Waals surface area contributed by atoms with Crippen molar-refractivity contribution in [1.82, 2.24) is 14.7 Å². The first kappa shape index (κ1) is 23.1. The van der Waals surface area contributed by atoms with Gasteiger partial charge in [-0.1, -0.05) is 42.7 Å². The third-order valence-electron chi connectivity index (χ3n) is 6.55. The Morgan fingerprint density at radius 2 is 1.76 bits per heavy atom. The molecule has 0 bridgehead atoms. The Morgan fingerprint density at radius 3 is 2.45 bits per heavy atom. The van der Waals surface area contributed by atoms with Gasteiger partial charge < -0.3 is 10.1 Å². The average Bonchev–Trinajstić information content (AvgIpc) is 2.97. The van der Waals surface area contributed by atoms with E-state index in [-0.39, 0.29) is 11.9 Å². The number of aryl methyl sites for hydroxylation is 2. The van der Waals surface area contributed by atoms with Gasteiger partial charge in [0.15, 0.2) is 0 Å². The third-order valence-corrected chi connectivity index (χ3v) is 6.55.